The lowest BCUT2D eigenvalue weighted by Gasteiger charge is -2.38. The first kappa shape index (κ1) is 34.3. The predicted octanol–water partition coefficient (Wildman–Crippen LogP) is 3.11. The molecule has 4 rings (SSSR count). The number of aryl methyl sites for hydroxylation is 5. The number of benzene rings is 1. The quantitative estimate of drug-likeness (QED) is 0.335. The van der Waals surface area contributed by atoms with Crippen molar-refractivity contribution in [1.82, 2.24) is 19.9 Å². The molecule has 2 aromatic rings. The molecule has 0 spiro atoms. The number of carbonyl (C=O) groups is 3. The molecule has 2 aliphatic heterocycles. The smallest absolute Gasteiger partial charge is 0.416 e. The maximum Gasteiger partial charge on any atom is 0.416 e. The van der Waals surface area contributed by atoms with Crippen molar-refractivity contribution in [2.45, 2.75) is 83.8 Å². The van der Waals surface area contributed by atoms with Gasteiger partial charge in [-0.3, -0.25) is 14.5 Å². The van der Waals surface area contributed by atoms with Crippen LogP contribution in [0.25, 0.3) is 0 Å². The largest absolute Gasteiger partial charge is 0.480 e. The number of sulfonamides is 1. The molecule has 246 valence electrons. The molecule has 1 aromatic heterocycles. The summed E-state index contributed by atoms with van der Waals surface area (Å²) >= 11 is 0. The maximum atomic E-state index is 13.0. The minimum atomic E-state index is -4.13. The van der Waals surface area contributed by atoms with Crippen LogP contribution in [0.5, 0.6) is 0 Å². The zero-order chi connectivity index (χ0) is 33.1. The van der Waals surface area contributed by atoms with Gasteiger partial charge in [0.25, 0.3) is 0 Å². The molecule has 1 saturated heterocycles. The number of pyridine rings is 1. The molecule has 1 atom stereocenters. The van der Waals surface area contributed by atoms with Crippen LogP contribution in [0.1, 0.15) is 61.6 Å². The molecule has 0 saturated carbocycles. The number of carboxylic acids is 1. The number of hydrogen-bond acceptors (Lipinski definition) is 8. The Labute approximate surface area is 265 Å². The third-order valence-electron chi connectivity index (χ3n) is 7.90. The Morgan fingerprint density at radius 3 is 2.40 bits per heavy atom. The van der Waals surface area contributed by atoms with E-state index < -0.39 is 27.6 Å². The lowest BCUT2D eigenvalue weighted by molar-refractivity contribution is -0.139. The number of fused-ring (bicyclic) bond motifs is 1. The van der Waals surface area contributed by atoms with Crippen LogP contribution in [-0.2, 0) is 37.2 Å². The highest BCUT2D eigenvalue weighted by Gasteiger charge is 2.34. The summed E-state index contributed by atoms with van der Waals surface area (Å²) in [6, 6.07) is 5.98. The van der Waals surface area contributed by atoms with Gasteiger partial charge in [0.1, 0.15) is 17.5 Å². The van der Waals surface area contributed by atoms with Crippen molar-refractivity contribution in [2.75, 3.05) is 37.6 Å². The van der Waals surface area contributed by atoms with E-state index in [1.807, 2.05) is 39.8 Å². The molecule has 45 heavy (non-hydrogen) atoms. The van der Waals surface area contributed by atoms with E-state index in [0.29, 0.717) is 43.0 Å². The van der Waals surface area contributed by atoms with Gasteiger partial charge in [0, 0.05) is 31.9 Å². The van der Waals surface area contributed by atoms with Crippen LogP contribution >= 0.6 is 0 Å². The number of ether oxygens (including phenoxy) is 1. The van der Waals surface area contributed by atoms with Gasteiger partial charge in [-0.1, -0.05) is 23.8 Å². The highest BCUT2D eigenvalue weighted by Crippen LogP contribution is 2.28. The van der Waals surface area contributed by atoms with Gasteiger partial charge in [-0.2, -0.15) is 4.72 Å². The molecule has 0 radical (unpaired) electrons. The summed E-state index contributed by atoms with van der Waals surface area (Å²) in [5.74, 6) is -1.32. The van der Waals surface area contributed by atoms with Gasteiger partial charge in [0.15, 0.2) is 0 Å². The number of carbonyl (C=O) groups excluding carboxylic acids is 2. The molecule has 1 aromatic carbocycles. The number of nitrogens with one attached hydrogen (secondary N) is 2. The SMILES string of the molecule is Cc1cc(C)c(S(=O)(=O)NC(CNC(=O)C2CN(CCCc3ccc4c(n3)N(C(=O)OC(C)(C)C)CCC4)C2)C(=O)O)c(C)c1. The van der Waals surface area contributed by atoms with E-state index in [-0.39, 0.29) is 29.4 Å². The number of aliphatic carboxylic acids is 1. The summed E-state index contributed by atoms with van der Waals surface area (Å²) in [6.45, 7) is 12.7. The molecule has 3 heterocycles. The number of aromatic nitrogens is 1. The van der Waals surface area contributed by atoms with E-state index in [9.17, 15) is 27.9 Å². The highest BCUT2D eigenvalue weighted by molar-refractivity contribution is 7.89. The van der Waals surface area contributed by atoms with E-state index in [4.69, 9.17) is 9.72 Å². The number of rotatable bonds is 11. The number of likely N-dealkylation sites (tertiary alicyclic amines) is 1. The fourth-order valence-corrected chi connectivity index (χ4v) is 7.52. The first-order valence-electron chi connectivity index (χ1n) is 15.4. The molecule has 0 bridgehead atoms. The third-order valence-corrected chi connectivity index (χ3v) is 9.67. The molecular weight excluding hydrogens is 598 g/mol. The molecule has 13 heteroatoms. The van der Waals surface area contributed by atoms with Gasteiger partial charge < -0.3 is 20.1 Å². The van der Waals surface area contributed by atoms with Crippen molar-refractivity contribution < 1.29 is 32.6 Å². The van der Waals surface area contributed by atoms with Crippen molar-refractivity contribution in [1.29, 1.82) is 0 Å². The fraction of sp³-hybridized carbons (Fsp3) is 0.562. The molecule has 2 amide bonds. The molecule has 1 fully saturated rings. The van der Waals surface area contributed by atoms with Crippen LogP contribution in [-0.4, -0.2) is 85.7 Å². The van der Waals surface area contributed by atoms with Gasteiger partial charge >= 0.3 is 12.1 Å². The van der Waals surface area contributed by atoms with Crippen LogP contribution in [0.15, 0.2) is 29.2 Å². The Morgan fingerprint density at radius 2 is 1.78 bits per heavy atom. The van der Waals surface area contributed by atoms with Gasteiger partial charge in [0.05, 0.1) is 10.8 Å². The van der Waals surface area contributed by atoms with E-state index in [2.05, 4.69) is 14.9 Å². The Morgan fingerprint density at radius 1 is 1.11 bits per heavy atom. The van der Waals surface area contributed by atoms with Crippen molar-refractivity contribution in [3.05, 3.63) is 52.2 Å². The summed E-state index contributed by atoms with van der Waals surface area (Å²) < 4.78 is 33.9. The Balaban J connectivity index is 1.23. The maximum absolute atomic E-state index is 13.0. The number of hydrogen-bond donors (Lipinski definition) is 3. The van der Waals surface area contributed by atoms with Gasteiger partial charge in [-0.25, -0.2) is 18.2 Å². The van der Waals surface area contributed by atoms with Crippen LogP contribution < -0.4 is 14.9 Å². The van der Waals surface area contributed by atoms with Crippen molar-refractivity contribution in [2.24, 2.45) is 5.92 Å². The third kappa shape index (κ3) is 8.80. The zero-order valence-corrected chi connectivity index (χ0v) is 27.8. The topological polar surface area (TPSA) is 158 Å². The van der Waals surface area contributed by atoms with E-state index in [1.54, 1.807) is 30.9 Å². The minimum Gasteiger partial charge on any atom is -0.480 e. The van der Waals surface area contributed by atoms with Gasteiger partial charge in [-0.05, 0) is 96.5 Å². The summed E-state index contributed by atoms with van der Waals surface area (Å²) in [4.78, 5) is 45.9. The fourth-order valence-electron chi connectivity index (χ4n) is 5.88. The summed E-state index contributed by atoms with van der Waals surface area (Å²) in [5.41, 5.74) is 3.28. The molecule has 12 nitrogen and oxygen atoms in total. The zero-order valence-electron chi connectivity index (χ0n) is 27.0. The lowest BCUT2D eigenvalue weighted by atomic mass is 9.98. The van der Waals surface area contributed by atoms with Gasteiger partial charge in [0.2, 0.25) is 15.9 Å². The monoisotopic (exact) mass is 643 g/mol. The highest BCUT2D eigenvalue weighted by atomic mass is 32.2. The minimum absolute atomic E-state index is 0.0475. The van der Waals surface area contributed by atoms with Crippen molar-refractivity contribution in [3.63, 3.8) is 0 Å². The average Bonchev–Trinajstić information content (AvgIpc) is 2.89. The van der Waals surface area contributed by atoms with Crippen LogP contribution in [0.2, 0.25) is 0 Å². The number of nitrogens with zero attached hydrogens (tertiary/aromatic N) is 3. The van der Waals surface area contributed by atoms with E-state index in [1.165, 1.54) is 0 Å². The number of anilines is 1. The van der Waals surface area contributed by atoms with Crippen LogP contribution in [0.3, 0.4) is 0 Å². The second-order valence-corrected chi connectivity index (χ2v) is 14.7. The Bertz CT molecular complexity index is 1520. The van der Waals surface area contributed by atoms with Crippen molar-refractivity contribution in [3.8, 4) is 0 Å². The molecule has 0 aliphatic carbocycles. The first-order chi connectivity index (χ1) is 21.0. The number of carboxylic acid groups (broad SMARTS) is 1. The second kappa shape index (κ2) is 13.8. The van der Waals surface area contributed by atoms with Crippen LogP contribution in [0, 0.1) is 26.7 Å². The standard InChI is InChI=1S/C32H45N5O7S/c1-20-15-21(2)27(22(3)16-20)45(42,43)35-26(30(39)40)17-33-29(38)24-18-36(19-24)13-8-10-25-12-11-23-9-7-14-37(28(23)34-25)31(41)44-32(4,5)6/h11-12,15-16,24,26,35H,7-10,13-14,17-19H2,1-6H3,(H,33,38)(H,39,40). The normalized spacial score (nSPS) is 16.4. The predicted molar refractivity (Wildman–Crippen MR) is 170 cm³/mol. The Kier molecular flexibility index (Phi) is 10.6. The molecule has 2 aliphatic rings. The lowest BCUT2D eigenvalue weighted by Crippen LogP contribution is -2.56. The van der Waals surface area contributed by atoms with Crippen LogP contribution in [0.4, 0.5) is 10.6 Å². The second-order valence-electron chi connectivity index (χ2n) is 13.1. The van der Waals surface area contributed by atoms with E-state index >= 15 is 0 Å². The number of amides is 2. The average molecular weight is 644 g/mol. The van der Waals surface area contributed by atoms with Crippen molar-refractivity contribution >= 4 is 33.8 Å². The van der Waals surface area contributed by atoms with E-state index in [0.717, 1.165) is 42.6 Å². The summed E-state index contributed by atoms with van der Waals surface area (Å²) in [5, 5.41) is 12.3. The molecular formula is C32H45N5O7S. The molecule has 3 N–H and O–H groups in total. The molecule has 1 unspecified atom stereocenters. The Hall–Kier alpha value is -3.55. The van der Waals surface area contributed by atoms with Gasteiger partial charge in [-0.15, -0.1) is 0 Å². The first-order valence-corrected chi connectivity index (χ1v) is 16.8. The summed E-state index contributed by atoms with van der Waals surface area (Å²) in [6.07, 6.45) is 2.86. The summed E-state index contributed by atoms with van der Waals surface area (Å²) in [7, 11) is -4.13.